The maximum Gasteiger partial charge on any atom is 0.303 e. The highest BCUT2D eigenvalue weighted by molar-refractivity contribution is 8.00. The third kappa shape index (κ3) is 11.2. The molecule has 4 atom stereocenters. The Morgan fingerprint density at radius 1 is 1.21 bits per heavy atom. The summed E-state index contributed by atoms with van der Waals surface area (Å²) in [5, 5.41) is 28.2. The van der Waals surface area contributed by atoms with Gasteiger partial charge in [0.2, 0.25) is 0 Å². The van der Waals surface area contributed by atoms with Crippen molar-refractivity contribution in [3.05, 3.63) is 12.2 Å². The molecule has 0 aliphatic heterocycles. The summed E-state index contributed by atoms with van der Waals surface area (Å²) in [4.78, 5) is 23.2. The molecule has 0 aromatic carbocycles. The molecule has 0 spiro atoms. The van der Waals surface area contributed by atoms with Gasteiger partial charge in [-0.3, -0.25) is 9.59 Å². The largest absolute Gasteiger partial charge is 0.481 e. The van der Waals surface area contributed by atoms with Gasteiger partial charge in [0.15, 0.2) is 0 Å². The highest BCUT2D eigenvalue weighted by Crippen LogP contribution is 2.40. The highest BCUT2D eigenvalue weighted by atomic mass is 32.2. The number of unbranched alkanes of at least 4 members (excludes halogenated alkanes) is 5. The zero-order chi connectivity index (χ0) is 21.5. The predicted octanol–water partition coefficient (Wildman–Crippen LogP) is 4.60. The molecule has 0 saturated heterocycles. The lowest BCUT2D eigenvalue weighted by molar-refractivity contribution is -0.137. The average molecular weight is 429 g/mol. The van der Waals surface area contributed by atoms with Crippen LogP contribution in [-0.2, 0) is 9.59 Å². The maximum absolute atomic E-state index is 12.6. The Bertz CT molecular complexity index is 494. The molecule has 1 fully saturated rings. The number of carbonyl (C=O) groups excluding carboxylic acids is 1. The number of aliphatic carboxylic acids is 1. The van der Waals surface area contributed by atoms with E-state index in [4.69, 9.17) is 10.2 Å². The lowest BCUT2D eigenvalue weighted by atomic mass is 9.89. The van der Waals surface area contributed by atoms with E-state index < -0.39 is 5.97 Å². The molecule has 6 heteroatoms. The number of thioether (sulfide) groups is 1. The summed E-state index contributed by atoms with van der Waals surface area (Å²) in [6.45, 7) is 2.27. The molecule has 5 nitrogen and oxygen atoms in total. The Kier molecular flexibility index (Phi) is 14.4. The lowest BCUT2D eigenvalue weighted by Crippen LogP contribution is -2.18. The van der Waals surface area contributed by atoms with E-state index in [0.29, 0.717) is 30.8 Å². The molecule has 0 amide bonds. The Morgan fingerprint density at radius 3 is 2.66 bits per heavy atom. The van der Waals surface area contributed by atoms with Gasteiger partial charge in [0.1, 0.15) is 5.78 Å². The van der Waals surface area contributed by atoms with Crippen LogP contribution in [0.2, 0.25) is 0 Å². The van der Waals surface area contributed by atoms with Crippen molar-refractivity contribution in [2.75, 3.05) is 12.4 Å². The lowest BCUT2D eigenvalue weighted by Gasteiger charge is -2.20. The van der Waals surface area contributed by atoms with E-state index in [1.54, 1.807) is 11.8 Å². The first-order valence-corrected chi connectivity index (χ1v) is 12.4. The Hall–Kier alpha value is -0.850. The molecule has 1 saturated carbocycles. The van der Waals surface area contributed by atoms with Crippen molar-refractivity contribution in [3.8, 4) is 0 Å². The van der Waals surface area contributed by atoms with Crippen molar-refractivity contribution in [1.29, 1.82) is 0 Å². The van der Waals surface area contributed by atoms with Gasteiger partial charge in [-0.25, -0.2) is 0 Å². The van der Waals surface area contributed by atoms with Crippen molar-refractivity contribution in [1.82, 2.24) is 0 Å². The van der Waals surface area contributed by atoms with Crippen LogP contribution in [0.15, 0.2) is 12.2 Å². The Balaban J connectivity index is 2.53. The van der Waals surface area contributed by atoms with Crippen molar-refractivity contribution >= 4 is 23.5 Å². The van der Waals surface area contributed by atoms with Crippen LogP contribution in [0.4, 0.5) is 0 Å². The van der Waals surface area contributed by atoms with Gasteiger partial charge in [-0.05, 0) is 31.6 Å². The fourth-order valence-electron chi connectivity index (χ4n) is 4.08. The maximum atomic E-state index is 12.6. The number of carbonyl (C=O) groups is 2. The van der Waals surface area contributed by atoms with Gasteiger partial charge in [0.05, 0.1) is 12.7 Å². The minimum Gasteiger partial charge on any atom is -0.481 e. The number of hydrogen-bond acceptors (Lipinski definition) is 5. The van der Waals surface area contributed by atoms with Crippen molar-refractivity contribution < 1.29 is 24.9 Å². The normalized spacial score (nSPS) is 23.1. The smallest absolute Gasteiger partial charge is 0.303 e. The molecule has 0 bridgehead atoms. The van der Waals surface area contributed by atoms with Gasteiger partial charge in [-0.15, -0.1) is 0 Å². The van der Waals surface area contributed by atoms with Gasteiger partial charge in [0, 0.05) is 29.8 Å². The van der Waals surface area contributed by atoms with E-state index in [9.17, 15) is 14.7 Å². The summed E-state index contributed by atoms with van der Waals surface area (Å²) >= 11 is 1.68. The van der Waals surface area contributed by atoms with Crippen LogP contribution in [-0.4, -0.2) is 50.8 Å². The number of carboxylic acids is 1. The number of hydrogen-bond donors (Lipinski definition) is 3. The third-order valence-electron chi connectivity index (χ3n) is 5.70. The molecule has 0 radical (unpaired) electrons. The predicted molar refractivity (Wildman–Crippen MR) is 119 cm³/mol. The minimum atomic E-state index is -0.748. The first kappa shape index (κ1) is 26.2. The van der Waals surface area contributed by atoms with Crippen LogP contribution in [0, 0.1) is 11.8 Å². The van der Waals surface area contributed by atoms with Gasteiger partial charge >= 0.3 is 5.97 Å². The molecule has 1 aliphatic carbocycles. The topological polar surface area (TPSA) is 94.8 Å². The fourth-order valence-corrected chi connectivity index (χ4v) is 5.27. The first-order chi connectivity index (χ1) is 14.0. The second-order valence-corrected chi connectivity index (χ2v) is 9.49. The highest BCUT2D eigenvalue weighted by Gasteiger charge is 2.40. The van der Waals surface area contributed by atoms with Gasteiger partial charge in [0.25, 0.3) is 0 Å². The van der Waals surface area contributed by atoms with Crippen LogP contribution in [0.3, 0.4) is 0 Å². The number of aliphatic hydroxyl groups excluding tert-OH is 2. The van der Waals surface area contributed by atoms with E-state index in [1.807, 2.05) is 6.08 Å². The van der Waals surface area contributed by atoms with E-state index in [0.717, 1.165) is 51.4 Å². The molecular formula is C23H40O5S. The standard InChI is InChI=1S/C23H40O5S/c1-2-3-6-10-18(25)11-9-13-20-19(12-7-4-5-8-14-23(27)28)21(26)17-22(20)29-16-15-24/h9,13,18-20,22,24-25H,2-8,10-12,14-17H2,1H3,(H,27,28)/t18?,19-,20-,22-/m1/s1. The number of rotatable bonds is 17. The number of carboxylic acid groups (broad SMARTS) is 1. The molecule has 1 aliphatic rings. The summed E-state index contributed by atoms with van der Waals surface area (Å²) in [5.74, 6) is 0.384. The number of Topliss-reactive ketones (excluding diaryl/α,β-unsaturated/α-hetero) is 1. The van der Waals surface area contributed by atoms with Gasteiger partial charge in [-0.1, -0.05) is 57.6 Å². The minimum absolute atomic E-state index is 0.0131. The molecule has 1 unspecified atom stereocenters. The van der Waals surface area contributed by atoms with Crippen LogP contribution in [0.1, 0.15) is 84.0 Å². The molecule has 3 N–H and O–H groups in total. The van der Waals surface area contributed by atoms with Gasteiger partial charge < -0.3 is 15.3 Å². The Labute approximate surface area is 180 Å². The third-order valence-corrected chi connectivity index (χ3v) is 7.02. The van der Waals surface area contributed by atoms with Crippen LogP contribution < -0.4 is 0 Å². The Morgan fingerprint density at radius 2 is 1.97 bits per heavy atom. The summed E-state index contributed by atoms with van der Waals surface area (Å²) < 4.78 is 0. The molecule has 168 valence electrons. The quantitative estimate of drug-likeness (QED) is 0.231. The van der Waals surface area contributed by atoms with E-state index in [2.05, 4.69) is 13.0 Å². The second kappa shape index (κ2) is 15.9. The molecular weight excluding hydrogens is 388 g/mol. The number of aliphatic hydroxyl groups is 2. The molecule has 1 rings (SSSR count). The molecule has 0 aromatic heterocycles. The van der Waals surface area contributed by atoms with Crippen LogP contribution in [0.25, 0.3) is 0 Å². The van der Waals surface area contributed by atoms with Crippen molar-refractivity contribution in [2.24, 2.45) is 11.8 Å². The fraction of sp³-hybridized carbons (Fsp3) is 0.826. The number of allylic oxidation sites excluding steroid dienone is 1. The van der Waals surface area contributed by atoms with Crippen molar-refractivity contribution in [3.63, 3.8) is 0 Å². The molecule has 0 aromatic rings. The van der Waals surface area contributed by atoms with Crippen LogP contribution >= 0.6 is 11.8 Å². The second-order valence-electron chi connectivity index (χ2n) is 8.15. The monoisotopic (exact) mass is 428 g/mol. The zero-order valence-corrected chi connectivity index (χ0v) is 18.7. The van der Waals surface area contributed by atoms with E-state index >= 15 is 0 Å². The summed E-state index contributed by atoms with van der Waals surface area (Å²) in [6.07, 6.45) is 13.8. The van der Waals surface area contributed by atoms with Crippen LogP contribution in [0.5, 0.6) is 0 Å². The summed E-state index contributed by atoms with van der Waals surface area (Å²) in [5.41, 5.74) is 0. The average Bonchev–Trinajstić information content (AvgIpc) is 2.97. The van der Waals surface area contributed by atoms with Gasteiger partial charge in [-0.2, -0.15) is 11.8 Å². The first-order valence-electron chi connectivity index (χ1n) is 11.3. The van der Waals surface area contributed by atoms with Crippen molar-refractivity contribution in [2.45, 2.75) is 95.3 Å². The zero-order valence-electron chi connectivity index (χ0n) is 17.9. The summed E-state index contributed by atoms with van der Waals surface area (Å²) in [7, 11) is 0. The van der Waals surface area contributed by atoms with E-state index in [-0.39, 0.29) is 36.2 Å². The van der Waals surface area contributed by atoms with E-state index in [1.165, 1.54) is 0 Å². The SMILES string of the molecule is CCCCCC(O)CC=C[C@H]1[C@H](SCCO)CC(=O)[C@@H]1CCCCCCC(=O)O. The molecule has 29 heavy (non-hydrogen) atoms. The summed E-state index contributed by atoms with van der Waals surface area (Å²) in [6, 6.07) is 0. The molecule has 0 heterocycles. The number of ketones is 1.